The molecule has 1 aliphatic carbocycles. The van der Waals surface area contributed by atoms with E-state index in [0.29, 0.717) is 0 Å². The van der Waals surface area contributed by atoms with E-state index in [4.69, 9.17) is 0 Å². The SMILES string of the molecule is CC(C)(C)C1NC(=O)CN(C2CCCc3sccc32)C1=O. The zero-order chi connectivity index (χ0) is 15.2. The van der Waals surface area contributed by atoms with Crippen molar-refractivity contribution in [3.05, 3.63) is 21.9 Å². The topological polar surface area (TPSA) is 49.4 Å². The van der Waals surface area contributed by atoms with Crippen LogP contribution < -0.4 is 5.32 Å². The second-order valence-electron chi connectivity index (χ2n) is 7.04. The van der Waals surface area contributed by atoms with Gasteiger partial charge in [-0.15, -0.1) is 11.3 Å². The summed E-state index contributed by atoms with van der Waals surface area (Å²) in [6.07, 6.45) is 3.14. The summed E-state index contributed by atoms with van der Waals surface area (Å²) in [5, 5.41) is 4.96. The van der Waals surface area contributed by atoms with Gasteiger partial charge in [0, 0.05) is 4.88 Å². The molecule has 0 saturated carbocycles. The normalized spacial score (nSPS) is 26.5. The molecular formula is C16H22N2O2S. The van der Waals surface area contributed by atoms with Crippen LogP contribution in [-0.2, 0) is 16.0 Å². The van der Waals surface area contributed by atoms with Gasteiger partial charge in [-0.25, -0.2) is 0 Å². The van der Waals surface area contributed by atoms with Crippen LogP contribution in [0.3, 0.4) is 0 Å². The zero-order valence-electron chi connectivity index (χ0n) is 12.8. The van der Waals surface area contributed by atoms with Crippen molar-refractivity contribution in [3.63, 3.8) is 0 Å². The Balaban J connectivity index is 1.92. The van der Waals surface area contributed by atoms with E-state index >= 15 is 0 Å². The average molecular weight is 306 g/mol. The molecule has 1 N–H and O–H groups in total. The first kappa shape index (κ1) is 14.6. The Morgan fingerprint density at radius 1 is 1.33 bits per heavy atom. The molecule has 2 heterocycles. The van der Waals surface area contributed by atoms with Gasteiger partial charge in [0.2, 0.25) is 11.8 Å². The van der Waals surface area contributed by atoms with Gasteiger partial charge in [0.1, 0.15) is 12.6 Å². The molecule has 1 aliphatic heterocycles. The maximum absolute atomic E-state index is 12.9. The fraction of sp³-hybridized carbons (Fsp3) is 0.625. The molecule has 1 saturated heterocycles. The Morgan fingerprint density at radius 3 is 2.81 bits per heavy atom. The predicted octanol–water partition coefficient (Wildman–Crippen LogP) is 2.50. The first-order valence-electron chi connectivity index (χ1n) is 7.54. The number of carbonyl (C=O) groups is 2. The van der Waals surface area contributed by atoms with Gasteiger partial charge in [-0.1, -0.05) is 20.8 Å². The molecule has 2 amide bonds. The highest BCUT2D eigenvalue weighted by Gasteiger charge is 2.43. The fourth-order valence-electron chi connectivity index (χ4n) is 3.30. The van der Waals surface area contributed by atoms with Crippen LogP contribution in [0.1, 0.15) is 50.1 Å². The minimum absolute atomic E-state index is 0.0446. The quantitative estimate of drug-likeness (QED) is 0.866. The predicted molar refractivity (Wildman–Crippen MR) is 83.1 cm³/mol. The van der Waals surface area contributed by atoms with Gasteiger partial charge in [0.15, 0.2) is 0 Å². The highest BCUT2D eigenvalue weighted by Crippen LogP contribution is 2.38. The van der Waals surface area contributed by atoms with Gasteiger partial charge in [0.05, 0.1) is 6.04 Å². The fourth-order valence-corrected chi connectivity index (χ4v) is 4.28. The number of rotatable bonds is 1. The molecule has 2 atom stereocenters. The molecule has 5 heteroatoms. The molecule has 0 aromatic carbocycles. The maximum Gasteiger partial charge on any atom is 0.246 e. The van der Waals surface area contributed by atoms with Crippen molar-refractivity contribution in [1.82, 2.24) is 10.2 Å². The van der Waals surface area contributed by atoms with Crippen molar-refractivity contribution < 1.29 is 9.59 Å². The Bertz CT molecular complexity index is 573. The number of hydrogen-bond donors (Lipinski definition) is 1. The third-order valence-corrected chi connectivity index (χ3v) is 5.41. The lowest BCUT2D eigenvalue weighted by Crippen LogP contribution is -2.62. The lowest BCUT2D eigenvalue weighted by Gasteiger charge is -2.43. The summed E-state index contributed by atoms with van der Waals surface area (Å²) < 4.78 is 0. The number of hydrogen-bond acceptors (Lipinski definition) is 3. The minimum Gasteiger partial charge on any atom is -0.342 e. The number of amides is 2. The molecule has 21 heavy (non-hydrogen) atoms. The van der Waals surface area contributed by atoms with Gasteiger partial charge in [-0.2, -0.15) is 0 Å². The highest BCUT2D eigenvalue weighted by atomic mass is 32.1. The molecule has 1 aromatic rings. The van der Waals surface area contributed by atoms with E-state index in [1.807, 2.05) is 20.8 Å². The van der Waals surface area contributed by atoms with Crippen LogP contribution in [-0.4, -0.2) is 29.3 Å². The smallest absolute Gasteiger partial charge is 0.246 e. The second kappa shape index (κ2) is 5.13. The minimum atomic E-state index is -0.428. The van der Waals surface area contributed by atoms with Gasteiger partial charge >= 0.3 is 0 Å². The number of piperazine rings is 1. The number of carbonyl (C=O) groups excluding carboxylic acids is 2. The van der Waals surface area contributed by atoms with Crippen LogP contribution in [0, 0.1) is 5.41 Å². The Morgan fingerprint density at radius 2 is 2.10 bits per heavy atom. The molecule has 2 aliphatic rings. The van der Waals surface area contributed by atoms with Gasteiger partial charge in [0.25, 0.3) is 0 Å². The maximum atomic E-state index is 12.9. The third kappa shape index (κ3) is 2.59. The van der Waals surface area contributed by atoms with Gasteiger partial charge < -0.3 is 10.2 Å². The van der Waals surface area contributed by atoms with Crippen molar-refractivity contribution in [2.45, 2.75) is 52.1 Å². The monoisotopic (exact) mass is 306 g/mol. The first-order chi connectivity index (χ1) is 9.88. The summed E-state index contributed by atoms with van der Waals surface area (Å²) in [4.78, 5) is 28.1. The largest absolute Gasteiger partial charge is 0.342 e. The standard InChI is InChI=1S/C16H22N2O2S/c1-16(2,3)14-15(20)18(9-13(19)17-14)11-5-4-6-12-10(11)7-8-21-12/h7-8,11,14H,4-6,9H2,1-3H3,(H,17,19). The van der Waals surface area contributed by atoms with E-state index < -0.39 is 6.04 Å². The van der Waals surface area contributed by atoms with Crippen LogP contribution in [0.15, 0.2) is 11.4 Å². The summed E-state index contributed by atoms with van der Waals surface area (Å²) in [5.41, 5.74) is 0.986. The van der Waals surface area contributed by atoms with Crippen molar-refractivity contribution in [2.75, 3.05) is 6.54 Å². The Hall–Kier alpha value is -1.36. The third-order valence-electron chi connectivity index (χ3n) is 4.41. The molecule has 0 spiro atoms. The lowest BCUT2D eigenvalue weighted by atomic mass is 9.83. The molecule has 0 radical (unpaired) electrons. The number of nitrogens with one attached hydrogen (secondary N) is 1. The molecule has 3 rings (SSSR count). The zero-order valence-corrected chi connectivity index (χ0v) is 13.6. The summed E-state index contributed by atoms with van der Waals surface area (Å²) >= 11 is 1.76. The number of thiophene rings is 1. The van der Waals surface area contributed by atoms with Crippen molar-refractivity contribution in [2.24, 2.45) is 5.41 Å². The summed E-state index contributed by atoms with van der Waals surface area (Å²) in [6, 6.07) is 1.77. The summed E-state index contributed by atoms with van der Waals surface area (Å²) in [6.45, 7) is 6.17. The van der Waals surface area contributed by atoms with Crippen LogP contribution in [0.5, 0.6) is 0 Å². The molecule has 4 nitrogen and oxygen atoms in total. The van der Waals surface area contributed by atoms with Crippen LogP contribution in [0.25, 0.3) is 0 Å². The average Bonchev–Trinajstić information content (AvgIpc) is 2.88. The highest BCUT2D eigenvalue weighted by molar-refractivity contribution is 7.10. The van der Waals surface area contributed by atoms with Crippen molar-refractivity contribution in [3.8, 4) is 0 Å². The Kier molecular flexibility index (Phi) is 3.56. The van der Waals surface area contributed by atoms with E-state index in [1.54, 1.807) is 16.2 Å². The Labute approximate surface area is 129 Å². The number of aryl methyl sites for hydroxylation is 1. The van der Waals surface area contributed by atoms with Crippen molar-refractivity contribution >= 4 is 23.2 Å². The molecule has 0 bridgehead atoms. The number of fused-ring (bicyclic) bond motifs is 1. The van der Waals surface area contributed by atoms with E-state index in [2.05, 4.69) is 16.8 Å². The lowest BCUT2D eigenvalue weighted by molar-refractivity contribution is -0.150. The van der Waals surface area contributed by atoms with E-state index in [9.17, 15) is 9.59 Å². The van der Waals surface area contributed by atoms with Gasteiger partial charge in [-0.3, -0.25) is 9.59 Å². The van der Waals surface area contributed by atoms with E-state index in [0.717, 1.165) is 19.3 Å². The molecule has 1 aromatic heterocycles. The molecule has 114 valence electrons. The van der Waals surface area contributed by atoms with Crippen LogP contribution in [0.4, 0.5) is 0 Å². The van der Waals surface area contributed by atoms with E-state index in [1.165, 1.54) is 10.4 Å². The van der Waals surface area contributed by atoms with Crippen LogP contribution in [0.2, 0.25) is 0 Å². The van der Waals surface area contributed by atoms with Crippen molar-refractivity contribution in [1.29, 1.82) is 0 Å². The summed E-state index contributed by atoms with van der Waals surface area (Å²) in [5.74, 6) is 0.0167. The van der Waals surface area contributed by atoms with Gasteiger partial charge in [-0.05, 0) is 41.7 Å². The molecule has 2 unspecified atom stereocenters. The molecule has 1 fully saturated rings. The van der Waals surface area contributed by atoms with Crippen LogP contribution >= 0.6 is 11.3 Å². The second-order valence-corrected chi connectivity index (χ2v) is 8.04. The molecular weight excluding hydrogens is 284 g/mol. The van der Waals surface area contributed by atoms with E-state index in [-0.39, 0.29) is 29.8 Å². The first-order valence-corrected chi connectivity index (χ1v) is 8.42. The number of nitrogens with zero attached hydrogens (tertiary/aromatic N) is 1. The summed E-state index contributed by atoms with van der Waals surface area (Å²) in [7, 11) is 0.